The number of guanidine groups is 1. The molecule has 25 heavy (non-hydrogen) atoms. The molecule has 0 bridgehead atoms. The van der Waals surface area contributed by atoms with Gasteiger partial charge in [0.1, 0.15) is 5.82 Å². The normalized spacial score (nSPS) is 11.1. The van der Waals surface area contributed by atoms with Crippen molar-refractivity contribution in [2.24, 2.45) is 4.99 Å². The lowest BCUT2D eigenvalue weighted by Crippen LogP contribution is -2.36. The van der Waals surface area contributed by atoms with Gasteiger partial charge in [-0.25, -0.2) is 9.38 Å². The number of carbonyl (C=O) groups excluding carboxylic acids is 1. The molecule has 3 N–H and O–H groups in total. The molecule has 0 aliphatic rings. The standard InChI is InChI=1S/C19H23FN4O/c1-3-21-19(22-12-15-6-4-8-17(20)10-15)23-13-16-7-5-9-18(11-16)24-14(2)25/h4-11H,3,12-13H2,1-2H3,(H,24,25)(H2,21,22,23). The minimum Gasteiger partial charge on any atom is -0.357 e. The zero-order valence-corrected chi connectivity index (χ0v) is 14.5. The molecule has 2 aromatic carbocycles. The van der Waals surface area contributed by atoms with E-state index in [0.717, 1.165) is 23.4 Å². The van der Waals surface area contributed by atoms with Crippen LogP contribution in [0.25, 0.3) is 0 Å². The van der Waals surface area contributed by atoms with Crippen LogP contribution in [0.1, 0.15) is 25.0 Å². The van der Waals surface area contributed by atoms with Gasteiger partial charge in [0, 0.05) is 25.7 Å². The highest BCUT2D eigenvalue weighted by Crippen LogP contribution is 2.10. The summed E-state index contributed by atoms with van der Waals surface area (Å²) in [6.45, 7) is 5.13. The van der Waals surface area contributed by atoms with Crippen LogP contribution >= 0.6 is 0 Å². The van der Waals surface area contributed by atoms with Crippen molar-refractivity contribution >= 4 is 17.6 Å². The highest BCUT2D eigenvalue weighted by molar-refractivity contribution is 5.88. The van der Waals surface area contributed by atoms with Gasteiger partial charge in [0.2, 0.25) is 5.91 Å². The number of nitrogens with one attached hydrogen (secondary N) is 3. The third-order valence-corrected chi connectivity index (χ3v) is 3.36. The predicted octanol–water partition coefficient (Wildman–Crippen LogP) is 3.04. The molecule has 0 unspecified atom stereocenters. The first kappa shape index (κ1) is 18.4. The molecule has 1 amide bonds. The van der Waals surface area contributed by atoms with Gasteiger partial charge in [-0.05, 0) is 42.3 Å². The minimum atomic E-state index is -0.263. The molecule has 0 heterocycles. The average Bonchev–Trinajstić information content (AvgIpc) is 2.57. The summed E-state index contributed by atoms with van der Waals surface area (Å²) >= 11 is 0. The van der Waals surface area contributed by atoms with E-state index in [1.165, 1.54) is 19.1 Å². The molecule has 2 rings (SSSR count). The van der Waals surface area contributed by atoms with Crippen molar-refractivity contribution in [3.8, 4) is 0 Å². The fraction of sp³-hybridized carbons (Fsp3) is 0.263. The van der Waals surface area contributed by atoms with Crippen molar-refractivity contribution in [1.29, 1.82) is 0 Å². The van der Waals surface area contributed by atoms with Crippen LogP contribution in [0, 0.1) is 5.82 Å². The Morgan fingerprint density at radius 1 is 1.08 bits per heavy atom. The molecule has 132 valence electrons. The minimum absolute atomic E-state index is 0.102. The lowest BCUT2D eigenvalue weighted by atomic mass is 10.2. The van der Waals surface area contributed by atoms with Gasteiger partial charge in [-0.15, -0.1) is 0 Å². The molecule has 0 aliphatic heterocycles. The molecule has 0 aromatic heterocycles. The number of aliphatic imine (C=N–C) groups is 1. The third-order valence-electron chi connectivity index (χ3n) is 3.36. The van der Waals surface area contributed by atoms with E-state index in [-0.39, 0.29) is 11.7 Å². The first-order chi connectivity index (χ1) is 12.1. The van der Waals surface area contributed by atoms with Crippen LogP contribution in [0.5, 0.6) is 0 Å². The summed E-state index contributed by atoms with van der Waals surface area (Å²) in [6.07, 6.45) is 0. The third kappa shape index (κ3) is 6.63. The Bertz CT molecular complexity index is 746. The summed E-state index contributed by atoms with van der Waals surface area (Å²) in [5, 5.41) is 9.16. The smallest absolute Gasteiger partial charge is 0.221 e. The van der Waals surface area contributed by atoms with Crippen molar-refractivity contribution in [2.45, 2.75) is 26.9 Å². The fourth-order valence-electron chi connectivity index (χ4n) is 2.30. The second-order valence-electron chi connectivity index (χ2n) is 5.56. The van der Waals surface area contributed by atoms with Gasteiger partial charge in [0.25, 0.3) is 0 Å². The Kier molecular flexibility index (Phi) is 6.95. The molecule has 0 fully saturated rings. The Labute approximate surface area is 147 Å². The quantitative estimate of drug-likeness (QED) is 0.558. The Hall–Kier alpha value is -2.89. The Morgan fingerprint density at radius 3 is 2.56 bits per heavy atom. The number of rotatable bonds is 6. The van der Waals surface area contributed by atoms with Crippen LogP contribution in [0.15, 0.2) is 53.5 Å². The van der Waals surface area contributed by atoms with Crippen molar-refractivity contribution in [2.75, 3.05) is 11.9 Å². The van der Waals surface area contributed by atoms with Gasteiger partial charge in [0.05, 0.1) is 6.54 Å². The highest BCUT2D eigenvalue weighted by Gasteiger charge is 2.01. The van der Waals surface area contributed by atoms with Crippen LogP contribution in [-0.4, -0.2) is 18.4 Å². The maximum Gasteiger partial charge on any atom is 0.221 e. The molecule has 0 atom stereocenters. The molecule has 6 heteroatoms. The van der Waals surface area contributed by atoms with Crippen LogP contribution < -0.4 is 16.0 Å². The fourth-order valence-corrected chi connectivity index (χ4v) is 2.30. The molecule has 0 spiro atoms. The summed E-state index contributed by atoms with van der Waals surface area (Å²) in [5.74, 6) is 0.284. The molecule has 5 nitrogen and oxygen atoms in total. The van der Waals surface area contributed by atoms with E-state index >= 15 is 0 Å². The van der Waals surface area contributed by atoms with E-state index in [1.54, 1.807) is 6.07 Å². The highest BCUT2D eigenvalue weighted by atomic mass is 19.1. The summed E-state index contributed by atoms with van der Waals surface area (Å²) in [7, 11) is 0. The molecule has 0 aliphatic carbocycles. The molecule has 0 saturated heterocycles. The van der Waals surface area contributed by atoms with Crippen LogP contribution in [-0.2, 0) is 17.9 Å². The second kappa shape index (κ2) is 9.42. The monoisotopic (exact) mass is 342 g/mol. The lowest BCUT2D eigenvalue weighted by molar-refractivity contribution is -0.114. The van der Waals surface area contributed by atoms with Gasteiger partial charge in [-0.3, -0.25) is 4.79 Å². The maximum atomic E-state index is 13.2. The van der Waals surface area contributed by atoms with Crippen molar-refractivity contribution in [3.05, 3.63) is 65.5 Å². The number of halogens is 1. The number of anilines is 1. The number of benzene rings is 2. The van der Waals surface area contributed by atoms with Crippen molar-refractivity contribution in [3.63, 3.8) is 0 Å². The first-order valence-corrected chi connectivity index (χ1v) is 8.20. The van der Waals surface area contributed by atoms with E-state index in [4.69, 9.17) is 0 Å². The van der Waals surface area contributed by atoms with E-state index < -0.39 is 0 Å². The number of nitrogens with zero attached hydrogens (tertiary/aromatic N) is 1. The summed E-state index contributed by atoms with van der Waals surface area (Å²) in [6, 6.07) is 14.0. The van der Waals surface area contributed by atoms with Crippen molar-refractivity contribution in [1.82, 2.24) is 10.6 Å². The molecular weight excluding hydrogens is 319 g/mol. The van der Waals surface area contributed by atoms with Gasteiger partial charge in [-0.2, -0.15) is 0 Å². The topological polar surface area (TPSA) is 65.5 Å². The molecular formula is C19H23FN4O. The number of carbonyl (C=O) groups is 1. The van der Waals surface area contributed by atoms with Crippen LogP contribution in [0.4, 0.5) is 10.1 Å². The zero-order valence-electron chi connectivity index (χ0n) is 14.5. The van der Waals surface area contributed by atoms with Gasteiger partial charge < -0.3 is 16.0 Å². The molecule has 2 aromatic rings. The average molecular weight is 342 g/mol. The van der Waals surface area contributed by atoms with E-state index in [2.05, 4.69) is 20.9 Å². The number of hydrogen-bond acceptors (Lipinski definition) is 2. The summed E-state index contributed by atoms with van der Waals surface area (Å²) in [5.41, 5.74) is 2.58. The Balaban J connectivity index is 1.99. The predicted molar refractivity (Wildman–Crippen MR) is 98.8 cm³/mol. The van der Waals surface area contributed by atoms with Crippen molar-refractivity contribution < 1.29 is 9.18 Å². The van der Waals surface area contributed by atoms with Gasteiger partial charge in [-0.1, -0.05) is 24.3 Å². The van der Waals surface area contributed by atoms with E-state index in [9.17, 15) is 9.18 Å². The van der Waals surface area contributed by atoms with E-state index in [1.807, 2.05) is 37.3 Å². The summed E-state index contributed by atoms with van der Waals surface area (Å²) in [4.78, 5) is 15.6. The number of amides is 1. The SMILES string of the molecule is CCNC(=NCc1cccc(F)c1)NCc1cccc(NC(C)=O)c1. The van der Waals surface area contributed by atoms with Crippen LogP contribution in [0.3, 0.4) is 0 Å². The van der Waals surface area contributed by atoms with Gasteiger partial charge >= 0.3 is 0 Å². The summed E-state index contributed by atoms with van der Waals surface area (Å²) < 4.78 is 13.2. The Morgan fingerprint density at radius 2 is 1.84 bits per heavy atom. The van der Waals surface area contributed by atoms with E-state index in [0.29, 0.717) is 19.0 Å². The first-order valence-electron chi connectivity index (χ1n) is 8.20. The molecule has 0 saturated carbocycles. The lowest BCUT2D eigenvalue weighted by Gasteiger charge is -2.12. The molecule has 0 radical (unpaired) electrons. The number of hydrogen-bond donors (Lipinski definition) is 3. The maximum absolute atomic E-state index is 13.2. The zero-order chi connectivity index (χ0) is 18.1. The van der Waals surface area contributed by atoms with Gasteiger partial charge in [0.15, 0.2) is 5.96 Å². The van der Waals surface area contributed by atoms with Crippen LogP contribution in [0.2, 0.25) is 0 Å². The largest absolute Gasteiger partial charge is 0.357 e. The second-order valence-corrected chi connectivity index (χ2v) is 5.56.